The number of halogens is 1. The number of carbonyl (C=O) groups is 1. The zero-order valence-electron chi connectivity index (χ0n) is 6.62. The standard InChI is InChI=1S/C9H9BrO2/c1-6(9(11)12)7-3-2-4-8(10)5-7/h2-6H,1H3,(H,11,12)/t6-/m0/s1. The van der Waals surface area contributed by atoms with Gasteiger partial charge in [0.2, 0.25) is 0 Å². The summed E-state index contributed by atoms with van der Waals surface area (Å²) in [6.07, 6.45) is 0. The maximum Gasteiger partial charge on any atom is 0.310 e. The molecule has 0 aromatic heterocycles. The highest BCUT2D eigenvalue weighted by molar-refractivity contribution is 9.10. The zero-order valence-corrected chi connectivity index (χ0v) is 8.21. The normalized spacial score (nSPS) is 12.5. The molecule has 0 unspecified atom stereocenters. The Kier molecular flexibility index (Phi) is 2.87. The van der Waals surface area contributed by atoms with E-state index in [4.69, 9.17) is 5.11 Å². The molecule has 0 amide bonds. The molecule has 12 heavy (non-hydrogen) atoms. The number of hydrogen-bond donors (Lipinski definition) is 1. The summed E-state index contributed by atoms with van der Waals surface area (Å²) in [5, 5.41) is 8.71. The summed E-state index contributed by atoms with van der Waals surface area (Å²) < 4.78 is 0.910. The lowest BCUT2D eigenvalue weighted by molar-refractivity contribution is -0.138. The van der Waals surface area contributed by atoms with Crippen LogP contribution in [0.5, 0.6) is 0 Å². The van der Waals surface area contributed by atoms with Crippen molar-refractivity contribution >= 4 is 21.9 Å². The maximum atomic E-state index is 10.6. The van der Waals surface area contributed by atoms with Crippen LogP contribution >= 0.6 is 15.9 Å². The van der Waals surface area contributed by atoms with Crippen LogP contribution in [0.2, 0.25) is 0 Å². The van der Waals surface area contributed by atoms with Crippen molar-refractivity contribution in [2.45, 2.75) is 12.8 Å². The quantitative estimate of drug-likeness (QED) is 0.846. The van der Waals surface area contributed by atoms with E-state index in [1.165, 1.54) is 0 Å². The molecule has 0 saturated heterocycles. The third-order valence-electron chi connectivity index (χ3n) is 1.72. The van der Waals surface area contributed by atoms with Gasteiger partial charge in [0, 0.05) is 4.47 Å². The van der Waals surface area contributed by atoms with Crippen molar-refractivity contribution in [3.05, 3.63) is 34.3 Å². The van der Waals surface area contributed by atoms with Gasteiger partial charge in [-0.1, -0.05) is 28.1 Å². The first kappa shape index (κ1) is 9.26. The highest BCUT2D eigenvalue weighted by Gasteiger charge is 2.12. The molecule has 1 aromatic carbocycles. The predicted octanol–water partition coefficient (Wildman–Crippen LogP) is 2.64. The lowest BCUT2D eigenvalue weighted by Crippen LogP contribution is -2.06. The van der Waals surface area contributed by atoms with Gasteiger partial charge >= 0.3 is 5.97 Å². The van der Waals surface area contributed by atoms with Gasteiger partial charge in [0.05, 0.1) is 5.92 Å². The van der Waals surface area contributed by atoms with Gasteiger partial charge in [0.15, 0.2) is 0 Å². The van der Waals surface area contributed by atoms with Gasteiger partial charge in [-0.15, -0.1) is 0 Å². The molecule has 0 bridgehead atoms. The summed E-state index contributed by atoms with van der Waals surface area (Å²) in [7, 11) is 0. The van der Waals surface area contributed by atoms with E-state index in [0.29, 0.717) is 0 Å². The lowest BCUT2D eigenvalue weighted by Gasteiger charge is -2.05. The summed E-state index contributed by atoms with van der Waals surface area (Å²) >= 11 is 3.29. The van der Waals surface area contributed by atoms with Gasteiger partial charge in [-0.25, -0.2) is 0 Å². The topological polar surface area (TPSA) is 37.3 Å². The van der Waals surface area contributed by atoms with Crippen molar-refractivity contribution in [1.82, 2.24) is 0 Å². The highest BCUT2D eigenvalue weighted by atomic mass is 79.9. The van der Waals surface area contributed by atoms with E-state index in [-0.39, 0.29) is 0 Å². The number of rotatable bonds is 2. The number of hydrogen-bond acceptors (Lipinski definition) is 1. The molecule has 0 radical (unpaired) electrons. The van der Waals surface area contributed by atoms with Crippen LogP contribution in [0.3, 0.4) is 0 Å². The maximum absolute atomic E-state index is 10.6. The number of carboxylic acid groups (broad SMARTS) is 1. The first-order valence-corrected chi connectivity index (χ1v) is 4.39. The molecular formula is C9H9BrO2. The van der Waals surface area contributed by atoms with Crippen LogP contribution in [0.25, 0.3) is 0 Å². The fourth-order valence-electron chi connectivity index (χ4n) is 0.919. The molecule has 1 atom stereocenters. The summed E-state index contributed by atoms with van der Waals surface area (Å²) in [6, 6.07) is 7.33. The zero-order chi connectivity index (χ0) is 9.14. The fraction of sp³-hybridized carbons (Fsp3) is 0.222. The van der Waals surface area contributed by atoms with Crippen molar-refractivity contribution in [2.24, 2.45) is 0 Å². The van der Waals surface area contributed by atoms with Gasteiger partial charge < -0.3 is 5.11 Å². The van der Waals surface area contributed by atoms with Gasteiger partial charge in [-0.05, 0) is 24.6 Å². The lowest BCUT2D eigenvalue weighted by atomic mass is 10.0. The van der Waals surface area contributed by atoms with Crippen molar-refractivity contribution < 1.29 is 9.90 Å². The number of aliphatic carboxylic acids is 1. The largest absolute Gasteiger partial charge is 0.481 e. The van der Waals surface area contributed by atoms with Crippen molar-refractivity contribution in [1.29, 1.82) is 0 Å². The molecule has 3 heteroatoms. The monoisotopic (exact) mass is 228 g/mol. The molecule has 0 aliphatic heterocycles. The minimum absolute atomic E-state index is 0.442. The molecule has 0 fully saturated rings. The fourth-order valence-corrected chi connectivity index (χ4v) is 1.34. The predicted molar refractivity (Wildman–Crippen MR) is 50.2 cm³/mol. The van der Waals surface area contributed by atoms with Crippen LogP contribution in [0.15, 0.2) is 28.7 Å². The van der Waals surface area contributed by atoms with E-state index in [2.05, 4.69) is 15.9 Å². The third kappa shape index (κ3) is 2.08. The molecule has 64 valence electrons. The first-order valence-electron chi connectivity index (χ1n) is 3.59. The number of carboxylic acids is 1. The Morgan fingerprint density at radius 1 is 1.58 bits per heavy atom. The van der Waals surface area contributed by atoms with E-state index >= 15 is 0 Å². The Hall–Kier alpha value is -0.830. The Morgan fingerprint density at radius 2 is 2.25 bits per heavy atom. The SMILES string of the molecule is C[C@H](C(=O)O)c1cccc(Br)c1. The first-order chi connectivity index (χ1) is 5.61. The second-order valence-electron chi connectivity index (χ2n) is 2.61. The van der Waals surface area contributed by atoms with E-state index in [9.17, 15) is 4.79 Å². The second-order valence-corrected chi connectivity index (χ2v) is 3.53. The smallest absolute Gasteiger partial charge is 0.310 e. The Balaban J connectivity index is 2.95. The van der Waals surface area contributed by atoms with Crippen LogP contribution in [-0.4, -0.2) is 11.1 Å². The van der Waals surface area contributed by atoms with E-state index in [0.717, 1.165) is 10.0 Å². The minimum atomic E-state index is -0.798. The van der Waals surface area contributed by atoms with Gasteiger partial charge in [0.25, 0.3) is 0 Å². The minimum Gasteiger partial charge on any atom is -0.481 e. The average Bonchev–Trinajstić information content (AvgIpc) is 2.03. The molecule has 0 heterocycles. The van der Waals surface area contributed by atoms with Crippen LogP contribution in [0.1, 0.15) is 18.4 Å². The molecular weight excluding hydrogens is 220 g/mol. The molecule has 0 aliphatic rings. The average molecular weight is 229 g/mol. The van der Waals surface area contributed by atoms with Crippen LogP contribution in [0.4, 0.5) is 0 Å². The van der Waals surface area contributed by atoms with Gasteiger partial charge in [0.1, 0.15) is 0 Å². The summed E-state index contributed by atoms with van der Waals surface area (Å²) in [5.41, 5.74) is 0.817. The van der Waals surface area contributed by atoms with E-state index < -0.39 is 11.9 Å². The van der Waals surface area contributed by atoms with Crippen molar-refractivity contribution in [2.75, 3.05) is 0 Å². The van der Waals surface area contributed by atoms with Crippen molar-refractivity contribution in [3.63, 3.8) is 0 Å². The molecule has 0 spiro atoms. The second kappa shape index (κ2) is 3.72. The summed E-state index contributed by atoms with van der Waals surface area (Å²) in [4.78, 5) is 10.6. The highest BCUT2D eigenvalue weighted by Crippen LogP contribution is 2.19. The molecule has 1 aromatic rings. The Labute approximate surface area is 79.3 Å². The van der Waals surface area contributed by atoms with Crippen LogP contribution in [-0.2, 0) is 4.79 Å². The van der Waals surface area contributed by atoms with E-state index in [1.54, 1.807) is 6.92 Å². The Bertz CT molecular complexity index is 296. The third-order valence-corrected chi connectivity index (χ3v) is 2.21. The molecule has 1 rings (SSSR count). The van der Waals surface area contributed by atoms with Crippen molar-refractivity contribution in [3.8, 4) is 0 Å². The van der Waals surface area contributed by atoms with Gasteiger partial charge in [-0.3, -0.25) is 4.79 Å². The molecule has 1 N–H and O–H groups in total. The Morgan fingerprint density at radius 3 is 2.75 bits per heavy atom. The molecule has 0 saturated carbocycles. The van der Waals surface area contributed by atoms with Gasteiger partial charge in [-0.2, -0.15) is 0 Å². The van der Waals surface area contributed by atoms with Crippen LogP contribution < -0.4 is 0 Å². The van der Waals surface area contributed by atoms with E-state index in [1.807, 2.05) is 24.3 Å². The summed E-state index contributed by atoms with van der Waals surface area (Å²) in [6.45, 7) is 1.67. The van der Waals surface area contributed by atoms with Crippen LogP contribution in [0, 0.1) is 0 Å². The molecule has 0 aliphatic carbocycles. The molecule has 2 nitrogen and oxygen atoms in total. The summed E-state index contributed by atoms with van der Waals surface area (Å²) in [5.74, 6) is -1.24. The number of benzene rings is 1.